The number of nitrogens with zero attached hydrogens (tertiary/aromatic N) is 2. The zero-order valence-corrected chi connectivity index (χ0v) is 10.5. The van der Waals surface area contributed by atoms with Crippen molar-refractivity contribution in [3.63, 3.8) is 0 Å². The van der Waals surface area contributed by atoms with E-state index in [4.69, 9.17) is 11.6 Å². The second kappa shape index (κ2) is 4.72. The van der Waals surface area contributed by atoms with E-state index in [1.54, 1.807) is 0 Å². The van der Waals surface area contributed by atoms with Crippen LogP contribution >= 0.6 is 11.6 Å². The van der Waals surface area contributed by atoms with Gasteiger partial charge in [0, 0.05) is 11.4 Å². The first kappa shape index (κ1) is 11.9. The highest BCUT2D eigenvalue weighted by Crippen LogP contribution is 2.19. The average molecular weight is 249 g/mol. The summed E-state index contributed by atoms with van der Waals surface area (Å²) >= 11 is 5.81. The van der Waals surface area contributed by atoms with Gasteiger partial charge in [-0.2, -0.15) is 0 Å². The molecule has 0 aliphatic heterocycles. The molecule has 0 bridgehead atoms. The Balaban J connectivity index is 2.30. The normalized spacial score (nSPS) is 10.5. The van der Waals surface area contributed by atoms with Crippen LogP contribution in [0.1, 0.15) is 22.6 Å². The quantitative estimate of drug-likeness (QED) is 0.889. The Morgan fingerprint density at radius 1 is 1.06 bits per heavy atom. The average Bonchev–Trinajstić information content (AvgIpc) is 2.29. The van der Waals surface area contributed by atoms with Crippen molar-refractivity contribution in [3.05, 3.63) is 51.9 Å². The van der Waals surface area contributed by atoms with E-state index in [0.717, 1.165) is 17.0 Å². The van der Waals surface area contributed by atoms with Crippen LogP contribution in [0, 0.1) is 13.8 Å². The first-order chi connectivity index (χ1) is 8.06. The van der Waals surface area contributed by atoms with Gasteiger partial charge < -0.3 is 5.11 Å². The molecule has 0 saturated carbocycles. The van der Waals surface area contributed by atoms with Crippen molar-refractivity contribution < 1.29 is 5.11 Å². The van der Waals surface area contributed by atoms with Crippen LogP contribution in [0.4, 0.5) is 0 Å². The van der Waals surface area contributed by atoms with E-state index < -0.39 is 0 Å². The lowest BCUT2D eigenvalue weighted by molar-refractivity contribution is 0.440. The lowest BCUT2D eigenvalue weighted by Gasteiger charge is -2.06. The first-order valence-corrected chi connectivity index (χ1v) is 5.71. The van der Waals surface area contributed by atoms with Crippen LogP contribution in [0.15, 0.2) is 24.3 Å². The zero-order valence-electron chi connectivity index (χ0n) is 9.74. The van der Waals surface area contributed by atoms with E-state index in [0.29, 0.717) is 17.1 Å². The highest BCUT2D eigenvalue weighted by atomic mass is 35.5. The molecule has 88 valence electrons. The highest BCUT2D eigenvalue weighted by Gasteiger charge is 2.08. The molecule has 0 fully saturated rings. The van der Waals surface area contributed by atoms with Gasteiger partial charge in [-0.15, -0.1) is 0 Å². The van der Waals surface area contributed by atoms with E-state index in [-0.39, 0.29) is 5.88 Å². The fraction of sp³-hybridized carbons (Fsp3) is 0.231. The van der Waals surface area contributed by atoms with Crippen LogP contribution in [0.25, 0.3) is 0 Å². The molecule has 1 aromatic heterocycles. The van der Waals surface area contributed by atoms with Crippen molar-refractivity contribution in [2.45, 2.75) is 20.3 Å². The Morgan fingerprint density at radius 3 is 2.29 bits per heavy atom. The van der Waals surface area contributed by atoms with Gasteiger partial charge in [0.25, 0.3) is 0 Å². The molecule has 2 rings (SSSR count). The molecule has 1 aromatic carbocycles. The lowest BCUT2D eigenvalue weighted by Crippen LogP contribution is -2.00. The molecule has 0 aliphatic rings. The number of halogens is 1. The molecule has 0 unspecified atom stereocenters. The number of benzene rings is 1. The van der Waals surface area contributed by atoms with Crippen LogP contribution < -0.4 is 0 Å². The van der Waals surface area contributed by atoms with Gasteiger partial charge in [0.15, 0.2) is 0 Å². The molecule has 2 aromatic rings. The molecular formula is C13H13ClN2O. The molecule has 0 saturated heterocycles. The summed E-state index contributed by atoms with van der Waals surface area (Å²) in [5, 5.41) is 10.4. The molecule has 17 heavy (non-hydrogen) atoms. The predicted octanol–water partition coefficient (Wildman–Crippen LogP) is 3.04. The van der Waals surface area contributed by atoms with Crippen molar-refractivity contribution in [3.8, 4) is 5.88 Å². The number of hydrogen-bond donors (Lipinski definition) is 1. The van der Waals surface area contributed by atoms with Crippen LogP contribution in [0.5, 0.6) is 5.88 Å². The Kier molecular flexibility index (Phi) is 3.29. The minimum Gasteiger partial charge on any atom is -0.492 e. The summed E-state index contributed by atoms with van der Waals surface area (Å²) in [6.07, 6.45) is 0.553. The summed E-state index contributed by atoms with van der Waals surface area (Å²) in [7, 11) is 0. The number of hydrogen-bond acceptors (Lipinski definition) is 3. The van der Waals surface area contributed by atoms with Crippen LogP contribution in [-0.2, 0) is 6.42 Å². The molecule has 4 heteroatoms. The minimum atomic E-state index is 0.00282. The lowest BCUT2D eigenvalue weighted by atomic mass is 10.1. The van der Waals surface area contributed by atoms with Crippen molar-refractivity contribution in [2.75, 3.05) is 0 Å². The highest BCUT2D eigenvalue weighted by molar-refractivity contribution is 6.30. The monoisotopic (exact) mass is 248 g/mol. The number of aryl methyl sites for hydroxylation is 2. The molecule has 3 nitrogen and oxygen atoms in total. The molecule has 0 spiro atoms. The summed E-state index contributed by atoms with van der Waals surface area (Å²) in [4.78, 5) is 8.40. The summed E-state index contributed by atoms with van der Waals surface area (Å²) in [6, 6.07) is 7.47. The van der Waals surface area contributed by atoms with Gasteiger partial charge in [0.2, 0.25) is 5.88 Å². The standard InChI is InChI=1S/C13H13ClN2O/c1-8-9(2)16-13(17)12(15-8)7-10-3-5-11(14)6-4-10/h3-6H,7H2,1-2H3,(H,16,17). The van der Waals surface area contributed by atoms with E-state index in [2.05, 4.69) is 9.97 Å². The molecule has 1 N–H and O–H groups in total. The largest absolute Gasteiger partial charge is 0.492 e. The van der Waals surface area contributed by atoms with Gasteiger partial charge in [-0.25, -0.2) is 4.98 Å². The Hall–Kier alpha value is -1.61. The Labute approximate surface area is 105 Å². The molecule has 1 heterocycles. The van der Waals surface area contributed by atoms with E-state index >= 15 is 0 Å². The van der Waals surface area contributed by atoms with Crippen LogP contribution in [-0.4, -0.2) is 15.1 Å². The van der Waals surface area contributed by atoms with Gasteiger partial charge in [0.05, 0.1) is 11.4 Å². The molecular weight excluding hydrogens is 236 g/mol. The second-order valence-electron chi connectivity index (χ2n) is 3.97. The molecule has 0 radical (unpaired) electrons. The van der Waals surface area contributed by atoms with E-state index in [1.165, 1.54) is 0 Å². The smallest absolute Gasteiger partial charge is 0.233 e. The van der Waals surface area contributed by atoms with Crippen LogP contribution in [0.2, 0.25) is 5.02 Å². The van der Waals surface area contributed by atoms with Gasteiger partial charge in [0.1, 0.15) is 5.69 Å². The van der Waals surface area contributed by atoms with Gasteiger partial charge in [-0.3, -0.25) is 4.98 Å². The van der Waals surface area contributed by atoms with E-state index in [1.807, 2.05) is 38.1 Å². The molecule has 0 aliphatic carbocycles. The summed E-state index contributed by atoms with van der Waals surface area (Å²) in [5.41, 5.74) is 3.23. The number of aromatic nitrogens is 2. The maximum atomic E-state index is 9.73. The van der Waals surface area contributed by atoms with Crippen molar-refractivity contribution in [2.24, 2.45) is 0 Å². The topological polar surface area (TPSA) is 46.0 Å². The summed E-state index contributed by atoms with van der Waals surface area (Å²) < 4.78 is 0. The van der Waals surface area contributed by atoms with Crippen molar-refractivity contribution in [1.82, 2.24) is 9.97 Å². The predicted molar refractivity (Wildman–Crippen MR) is 67.4 cm³/mol. The fourth-order valence-electron chi connectivity index (χ4n) is 1.55. The van der Waals surface area contributed by atoms with E-state index in [9.17, 15) is 5.11 Å². The molecule has 0 amide bonds. The Morgan fingerprint density at radius 2 is 1.65 bits per heavy atom. The van der Waals surface area contributed by atoms with Gasteiger partial charge in [-0.1, -0.05) is 23.7 Å². The van der Waals surface area contributed by atoms with Crippen molar-refractivity contribution in [1.29, 1.82) is 0 Å². The third kappa shape index (κ3) is 2.74. The minimum absolute atomic E-state index is 0.00282. The van der Waals surface area contributed by atoms with Gasteiger partial charge in [-0.05, 0) is 31.5 Å². The third-order valence-electron chi connectivity index (χ3n) is 2.64. The molecule has 0 atom stereocenters. The summed E-state index contributed by atoms with van der Waals surface area (Å²) in [5.74, 6) is 0.00282. The first-order valence-electron chi connectivity index (χ1n) is 5.34. The number of aromatic hydroxyl groups is 1. The zero-order chi connectivity index (χ0) is 12.4. The van der Waals surface area contributed by atoms with Gasteiger partial charge >= 0.3 is 0 Å². The Bertz CT molecular complexity index is 538. The number of rotatable bonds is 2. The SMILES string of the molecule is Cc1nc(O)c(Cc2ccc(Cl)cc2)nc1C. The second-order valence-corrected chi connectivity index (χ2v) is 4.40. The van der Waals surface area contributed by atoms with Crippen LogP contribution in [0.3, 0.4) is 0 Å². The van der Waals surface area contributed by atoms with Crippen molar-refractivity contribution >= 4 is 11.6 Å². The third-order valence-corrected chi connectivity index (χ3v) is 2.89. The maximum absolute atomic E-state index is 9.73. The fourth-order valence-corrected chi connectivity index (χ4v) is 1.68. The summed E-state index contributed by atoms with van der Waals surface area (Å²) in [6.45, 7) is 3.71. The maximum Gasteiger partial charge on any atom is 0.233 e.